The Kier molecular flexibility index (Phi) is 2.05. The van der Waals surface area contributed by atoms with Gasteiger partial charge in [-0.15, -0.1) is 0 Å². The number of aryl methyl sites for hydroxylation is 1. The zero-order valence-corrected chi connectivity index (χ0v) is 7.76. The summed E-state index contributed by atoms with van der Waals surface area (Å²) < 4.78 is 0. The predicted molar refractivity (Wildman–Crippen MR) is 53.3 cm³/mol. The molecule has 2 heteroatoms. The van der Waals surface area contributed by atoms with Crippen molar-refractivity contribution in [1.29, 1.82) is 0 Å². The minimum Gasteiger partial charge on any atom is -0.384 e. The summed E-state index contributed by atoms with van der Waals surface area (Å²) in [4.78, 5) is 11.6. The highest BCUT2D eigenvalue weighted by Crippen LogP contribution is 2.25. The Morgan fingerprint density at radius 1 is 1.46 bits per heavy atom. The monoisotopic (exact) mass is 175 g/mol. The Morgan fingerprint density at radius 2 is 2.31 bits per heavy atom. The Balaban J connectivity index is 2.56. The molecule has 0 aliphatic carbocycles. The second-order valence-electron chi connectivity index (χ2n) is 3.29. The Bertz CT molecular complexity index is 330. The van der Waals surface area contributed by atoms with E-state index in [2.05, 4.69) is 12.2 Å². The number of anilines is 1. The second-order valence-corrected chi connectivity index (χ2v) is 3.29. The molecule has 1 aromatic rings. The van der Waals surface area contributed by atoms with Gasteiger partial charge in [-0.2, -0.15) is 0 Å². The molecule has 1 N–H and O–H groups in total. The normalized spacial score (nSPS) is 15.0. The molecule has 1 aliphatic heterocycles. The molecule has 2 rings (SSSR count). The Morgan fingerprint density at radius 3 is 3.08 bits per heavy atom. The highest BCUT2D eigenvalue weighted by Gasteiger charge is 2.18. The average molecular weight is 175 g/mol. The third-order valence-electron chi connectivity index (χ3n) is 2.48. The molecule has 0 saturated heterocycles. The first-order chi connectivity index (χ1) is 6.33. The van der Waals surface area contributed by atoms with E-state index in [9.17, 15) is 4.79 Å². The summed E-state index contributed by atoms with van der Waals surface area (Å²) in [6, 6.07) is 6.01. The van der Waals surface area contributed by atoms with Crippen molar-refractivity contribution in [3.63, 3.8) is 0 Å². The van der Waals surface area contributed by atoms with Crippen LogP contribution in [0.15, 0.2) is 18.2 Å². The molecule has 1 aromatic carbocycles. The van der Waals surface area contributed by atoms with Crippen LogP contribution in [0.1, 0.15) is 29.3 Å². The number of Topliss-reactive ketones (excluding diaryl/α,β-unsaturated/α-hetero) is 1. The summed E-state index contributed by atoms with van der Waals surface area (Å²) in [6.45, 7) is 2.86. The van der Waals surface area contributed by atoms with E-state index in [1.165, 1.54) is 0 Å². The molecular weight excluding hydrogens is 162 g/mol. The molecule has 1 aliphatic rings. The topological polar surface area (TPSA) is 29.1 Å². The van der Waals surface area contributed by atoms with E-state index in [0.29, 0.717) is 6.42 Å². The lowest BCUT2D eigenvalue weighted by atomic mass is 9.95. The van der Waals surface area contributed by atoms with E-state index in [-0.39, 0.29) is 5.78 Å². The predicted octanol–water partition coefficient (Wildman–Crippen LogP) is 2.25. The summed E-state index contributed by atoms with van der Waals surface area (Å²) >= 11 is 0. The van der Waals surface area contributed by atoms with E-state index in [0.717, 1.165) is 29.8 Å². The first-order valence-electron chi connectivity index (χ1n) is 4.72. The fourth-order valence-electron chi connectivity index (χ4n) is 1.81. The molecule has 1 heterocycles. The number of hydrogen-bond donors (Lipinski definition) is 1. The number of rotatable bonds is 1. The van der Waals surface area contributed by atoms with Gasteiger partial charge in [0.15, 0.2) is 5.78 Å². The van der Waals surface area contributed by atoms with Gasteiger partial charge in [0.05, 0.1) is 0 Å². The zero-order valence-electron chi connectivity index (χ0n) is 7.76. The van der Waals surface area contributed by atoms with Gasteiger partial charge in [0.2, 0.25) is 0 Å². The fraction of sp³-hybridized carbons (Fsp3) is 0.364. The average Bonchev–Trinajstić information content (AvgIpc) is 2.17. The lowest BCUT2D eigenvalue weighted by Gasteiger charge is -2.19. The molecule has 0 aromatic heterocycles. The molecule has 0 amide bonds. The largest absolute Gasteiger partial charge is 0.384 e. The van der Waals surface area contributed by atoms with Crippen LogP contribution in [0.4, 0.5) is 5.69 Å². The van der Waals surface area contributed by atoms with Crippen molar-refractivity contribution in [3.05, 3.63) is 29.3 Å². The van der Waals surface area contributed by atoms with Gasteiger partial charge in [-0.3, -0.25) is 4.79 Å². The number of benzene rings is 1. The molecule has 0 atom stereocenters. The summed E-state index contributed by atoms with van der Waals surface area (Å²) in [7, 11) is 0. The van der Waals surface area contributed by atoms with Crippen LogP contribution in [-0.4, -0.2) is 12.3 Å². The SMILES string of the molecule is CCc1cccc2c1C(=O)CCN2. The molecule has 68 valence electrons. The molecule has 0 unspecified atom stereocenters. The maximum Gasteiger partial charge on any atom is 0.166 e. The maximum atomic E-state index is 11.6. The lowest BCUT2D eigenvalue weighted by Crippen LogP contribution is -2.19. The van der Waals surface area contributed by atoms with Crippen LogP contribution in [0.5, 0.6) is 0 Å². The molecule has 0 fully saturated rings. The second kappa shape index (κ2) is 3.21. The highest BCUT2D eigenvalue weighted by atomic mass is 16.1. The molecule has 2 nitrogen and oxygen atoms in total. The lowest BCUT2D eigenvalue weighted by molar-refractivity contribution is 0.0983. The van der Waals surface area contributed by atoms with Gasteiger partial charge in [0.25, 0.3) is 0 Å². The van der Waals surface area contributed by atoms with Crippen molar-refractivity contribution in [3.8, 4) is 0 Å². The van der Waals surface area contributed by atoms with Crippen LogP contribution in [-0.2, 0) is 6.42 Å². The Hall–Kier alpha value is -1.31. The van der Waals surface area contributed by atoms with Crippen molar-refractivity contribution in [2.45, 2.75) is 19.8 Å². The number of fused-ring (bicyclic) bond motifs is 1. The van der Waals surface area contributed by atoms with Gasteiger partial charge in [-0.05, 0) is 18.1 Å². The number of nitrogens with one attached hydrogen (secondary N) is 1. The first-order valence-corrected chi connectivity index (χ1v) is 4.72. The van der Waals surface area contributed by atoms with Crippen LogP contribution in [0, 0.1) is 0 Å². The number of carbonyl (C=O) groups is 1. The van der Waals surface area contributed by atoms with Crippen LogP contribution < -0.4 is 5.32 Å². The number of ketones is 1. The summed E-state index contributed by atoms with van der Waals surface area (Å²) in [5.74, 6) is 0.284. The van der Waals surface area contributed by atoms with Crippen molar-refractivity contribution in [1.82, 2.24) is 0 Å². The van der Waals surface area contributed by atoms with Crippen molar-refractivity contribution in [2.75, 3.05) is 11.9 Å². The quantitative estimate of drug-likeness (QED) is 0.709. The van der Waals surface area contributed by atoms with Gasteiger partial charge < -0.3 is 5.32 Å². The first kappa shape index (κ1) is 8.30. The fourth-order valence-corrected chi connectivity index (χ4v) is 1.81. The standard InChI is InChI=1S/C11H13NO/c1-2-8-4-3-5-9-11(8)10(13)6-7-12-9/h3-5,12H,2,6-7H2,1H3. The third kappa shape index (κ3) is 1.32. The van der Waals surface area contributed by atoms with Gasteiger partial charge in [-0.25, -0.2) is 0 Å². The van der Waals surface area contributed by atoms with E-state index < -0.39 is 0 Å². The van der Waals surface area contributed by atoms with Crippen molar-refractivity contribution in [2.24, 2.45) is 0 Å². The zero-order chi connectivity index (χ0) is 9.26. The van der Waals surface area contributed by atoms with Crippen molar-refractivity contribution >= 4 is 11.5 Å². The molecular formula is C11H13NO. The smallest absolute Gasteiger partial charge is 0.166 e. The number of hydrogen-bond acceptors (Lipinski definition) is 2. The van der Waals surface area contributed by atoms with Gasteiger partial charge >= 0.3 is 0 Å². The molecule has 0 bridgehead atoms. The van der Waals surface area contributed by atoms with Crippen LogP contribution in [0.2, 0.25) is 0 Å². The van der Waals surface area contributed by atoms with Crippen LogP contribution >= 0.6 is 0 Å². The van der Waals surface area contributed by atoms with Gasteiger partial charge in [0, 0.05) is 24.2 Å². The van der Waals surface area contributed by atoms with Crippen molar-refractivity contribution < 1.29 is 4.79 Å². The summed E-state index contributed by atoms with van der Waals surface area (Å²) in [6.07, 6.45) is 1.56. The van der Waals surface area contributed by atoms with E-state index in [4.69, 9.17) is 0 Å². The molecule has 0 spiro atoms. The van der Waals surface area contributed by atoms with Crippen LogP contribution in [0.3, 0.4) is 0 Å². The highest BCUT2D eigenvalue weighted by molar-refractivity contribution is 6.04. The third-order valence-corrected chi connectivity index (χ3v) is 2.48. The van der Waals surface area contributed by atoms with E-state index in [1.54, 1.807) is 0 Å². The molecule has 0 saturated carbocycles. The van der Waals surface area contributed by atoms with E-state index >= 15 is 0 Å². The molecule has 0 radical (unpaired) electrons. The van der Waals surface area contributed by atoms with E-state index in [1.807, 2.05) is 18.2 Å². The molecule has 13 heavy (non-hydrogen) atoms. The van der Waals surface area contributed by atoms with Gasteiger partial charge in [-0.1, -0.05) is 19.1 Å². The Labute approximate surface area is 78.0 Å². The minimum absolute atomic E-state index is 0.284. The van der Waals surface area contributed by atoms with Crippen LogP contribution in [0.25, 0.3) is 0 Å². The van der Waals surface area contributed by atoms with Gasteiger partial charge in [0.1, 0.15) is 0 Å². The minimum atomic E-state index is 0.284. The summed E-state index contributed by atoms with van der Waals surface area (Å²) in [5, 5.41) is 3.25. The maximum absolute atomic E-state index is 11.6. The summed E-state index contributed by atoms with van der Waals surface area (Å²) in [5.41, 5.74) is 3.08. The number of carbonyl (C=O) groups excluding carboxylic acids is 1.